The molecule has 3 rings (SSSR count). The number of carbonyl (C=O) groups is 1. The highest BCUT2D eigenvalue weighted by Crippen LogP contribution is 2.29. The van der Waals surface area contributed by atoms with Gasteiger partial charge in [-0.1, -0.05) is 0 Å². The lowest BCUT2D eigenvalue weighted by Gasteiger charge is -2.26. The van der Waals surface area contributed by atoms with Crippen molar-refractivity contribution >= 4 is 27.7 Å². The summed E-state index contributed by atoms with van der Waals surface area (Å²) in [5.74, 6) is 1.20. The highest BCUT2D eigenvalue weighted by molar-refractivity contribution is 7.89. The highest BCUT2D eigenvalue weighted by Gasteiger charge is 2.27. The largest absolute Gasteiger partial charge is 0.495 e. The summed E-state index contributed by atoms with van der Waals surface area (Å²) in [6.07, 6.45) is 2.84. The Morgan fingerprint density at radius 3 is 2.61 bits per heavy atom. The predicted octanol–water partition coefficient (Wildman–Crippen LogP) is 2.27. The summed E-state index contributed by atoms with van der Waals surface area (Å²) in [7, 11) is -2.24. The topological polar surface area (TPSA) is 98.1 Å². The van der Waals surface area contributed by atoms with E-state index >= 15 is 0 Å². The second-order valence-electron chi connectivity index (χ2n) is 6.15. The Balaban J connectivity index is 1.80. The van der Waals surface area contributed by atoms with Crippen LogP contribution in [0.4, 0.5) is 5.69 Å². The van der Waals surface area contributed by atoms with Crippen LogP contribution >= 0.6 is 0 Å². The van der Waals surface area contributed by atoms with Crippen molar-refractivity contribution in [1.82, 2.24) is 4.31 Å². The van der Waals surface area contributed by atoms with Gasteiger partial charge < -0.3 is 19.2 Å². The standard InChI is InChI=1S/C19H22N2O6S/c1-14-3-4-15(27-14)5-8-19(22)20-17-13-16(6-7-18(17)25-2)28(23,24)21-9-11-26-12-10-21/h3-8,13H,9-12H2,1-2H3,(H,20,22)/b8-5-. The maximum atomic E-state index is 12.8. The normalized spacial score (nSPS) is 15.6. The minimum atomic E-state index is -3.68. The van der Waals surface area contributed by atoms with E-state index in [4.69, 9.17) is 13.9 Å². The van der Waals surface area contributed by atoms with Gasteiger partial charge in [0.1, 0.15) is 17.3 Å². The van der Waals surface area contributed by atoms with Crippen molar-refractivity contribution in [3.05, 3.63) is 47.9 Å². The molecule has 0 spiro atoms. The zero-order valence-electron chi connectivity index (χ0n) is 15.7. The van der Waals surface area contributed by atoms with E-state index in [0.717, 1.165) is 5.76 Å². The Hall–Kier alpha value is -2.62. The van der Waals surface area contributed by atoms with Crippen molar-refractivity contribution in [3.63, 3.8) is 0 Å². The number of rotatable bonds is 6. The van der Waals surface area contributed by atoms with E-state index in [1.165, 1.54) is 41.8 Å². The first-order chi connectivity index (χ1) is 13.4. The van der Waals surface area contributed by atoms with Crippen molar-refractivity contribution in [3.8, 4) is 5.75 Å². The number of aryl methyl sites for hydroxylation is 1. The van der Waals surface area contributed by atoms with Crippen LogP contribution in [0.2, 0.25) is 0 Å². The lowest BCUT2D eigenvalue weighted by Crippen LogP contribution is -2.40. The molecule has 150 valence electrons. The first-order valence-electron chi connectivity index (χ1n) is 8.71. The molecule has 0 radical (unpaired) electrons. The van der Waals surface area contributed by atoms with Crippen LogP contribution in [-0.2, 0) is 19.6 Å². The van der Waals surface area contributed by atoms with Crippen molar-refractivity contribution in [2.75, 3.05) is 38.7 Å². The Morgan fingerprint density at radius 2 is 1.96 bits per heavy atom. The molecule has 1 fully saturated rings. The first-order valence-corrected chi connectivity index (χ1v) is 10.2. The molecule has 1 aromatic carbocycles. The molecule has 1 amide bonds. The third kappa shape index (κ3) is 4.61. The molecule has 1 saturated heterocycles. The Kier molecular flexibility index (Phi) is 6.18. The van der Waals surface area contributed by atoms with Gasteiger partial charge in [-0.3, -0.25) is 4.79 Å². The zero-order valence-corrected chi connectivity index (χ0v) is 16.5. The Morgan fingerprint density at radius 1 is 1.21 bits per heavy atom. The number of amides is 1. The molecule has 28 heavy (non-hydrogen) atoms. The molecule has 0 aliphatic carbocycles. The predicted molar refractivity (Wildman–Crippen MR) is 104 cm³/mol. The highest BCUT2D eigenvalue weighted by atomic mass is 32.2. The molecule has 0 unspecified atom stereocenters. The number of furan rings is 1. The van der Waals surface area contributed by atoms with Crippen LogP contribution in [0.5, 0.6) is 5.75 Å². The lowest BCUT2D eigenvalue weighted by molar-refractivity contribution is -0.111. The number of nitrogens with one attached hydrogen (secondary N) is 1. The Labute approximate surface area is 163 Å². The van der Waals surface area contributed by atoms with Crippen LogP contribution in [0.3, 0.4) is 0 Å². The molecule has 0 bridgehead atoms. The molecular weight excluding hydrogens is 384 g/mol. The molecule has 9 heteroatoms. The van der Waals surface area contributed by atoms with Crippen LogP contribution in [0.25, 0.3) is 6.08 Å². The summed E-state index contributed by atoms with van der Waals surface area (Å²) < 4.78 is 42.8. The molecule has 2 aromatic rings. The molecule has 1 aliphatic rings. The van der Waals surface area contributed by atoms with Crippen molar-refractivity contribution in [2.24, 2.45) is 0 Å². The molecule has 1 aromatic heterocycles. The average Bonchev–Trinajstić information content (AvgIpc) is 3.12. The summed E-state index contributed by atoms with van der Waals surface area (Å²) in [4.78, 5) is 12.3. The minimum absolute atomic E-state index is 0.0798. The second kappa shape index (κ2) is 8.59. The van der Waals surface area contributed by atoms with Gasteiger partial charge in [0, 0.05) is 19.2 Å². The number of anilines is 1. The van der Waals surface area contributed by atoms with Gasteiger partial charge in [0.15, 0.2) is 0 Å². The summed E-state index contributed by atoms with van der Waals surface area (Å²) in [5.41, 5.74) is 0.266. The zero-order chi connectivity index (χ0) is 20.1. The number of sulfonamides is 1. The average molecular weight is 406 g/mol. The van der Waals surface area contributed by atoms with Crippen molar-refractivity contribution in [1.29, 1.82) is 0 Å². The number of hydrogen-bond acceptors (Lipinski definition) is 6. The quantitative estimate of drug-likeness (QED) is 0.739. The molecule has 2 heterocycles. The smallest absolute Gasteiger partial charge is 0.248 e. The van der Waals surface area contributed by atoms with Gasteiger partial charge in [0.2, 0.25) is 15.9 Å². The number of benzene rings is 1. The second-order valence-corrected chi connectivity index (χ2v) is 8.09. The lowest BCUT2D eigenvalue weighted by atomic mass is 10.3. The molecule has 8 nitrogen and oxygen atoms in total. The van der Waals surface area contributed by atoms with Crippen molar-refractivity contribution < 1.29 is 27.1 Å². The summed E-state index contributed by atoms with van der Waals surface area (Å²) in [5, 5.41) is 2.65. The van der Waals surface area contributed by atoms with E-state index in [0.29, 0.717) is 37.8 Å². The van der Waals surface area contributed by atoms with E-state index in [2.05, 4.69) is 5.32 Å². The Bertz CT molecular complexity index is 974. The monoisotopic (exact) mass is 406 g/mol. The van der Waals surface area contributed by atoms with Gasteiger partial charge in [-0.25, -0.2) is 8.42 Å². The molecular formula is C19H22N2O6S. The third-order valence-corrected chi connectivity index (χ3v) is 6.09. The van der Waals surface area contributed by atoms with Gasteiger partial charge in [0.25, 0.3) is 0 Å². The number of nitrogens with zero attached hydrogens (tertiary/aromatic N) is 1. The fraction of sp³-hybridized carbons (Fsp3) is 0.316. The van der Waals surface area contributed by atoms with E-state index in [1.54, 1.807) is 12.1 Å². The number of ether oxygens (including phenoxy) is 2. The minimum Gasteiger partial charge on any atom is -0.495 e. The van der Waals surface area contributed by atoms with E-state index in [-0.39, 0.29) is 10.6 Å². The first kappa shape index (κ1) is 20.1. The van der Waals surface area contributed by atoms with Crippen LogP contribution < -0.4 is 10.1 Å². The maximum absolute atomic E-state index is 12.8. The number of carbonyl (C=O) groups excluding carboxylic acids is 1. The van der Waals surface area contributed by atoms with Crippen LogP contribution in [-0.4, -0.2) is 52.0 Å². The van der Waals surface area contributed by atoms with Gasteiger partial charge in [-0.15, -0.1) is 0 Å². The summed E-state index contributed by atoms with van der Waals surface area (Å²) in [6.45, 7) is 3.11. The van der Waals surface area contributed by atoms with Gasteiger partial charge in [0.05, 0.1) is 30.9 Å². The maximum Gasteiger partial charge on any atom is 0.248 e. The van der Waals surface area contributed by atoms with Crippen molar-refractivity contribution in [2.45, 2.75) is 11.8 Å². The van der Waals surface area contributed by atoms with Gasteiger partial charge in [-0.05, 0) is 43.3 Å². The molecule has 0 saturated carbocycles. The third-order valence-electron chi connectivity index (χ3n) is 4.20. The number of methoxy groups -OCH3 is 1. The van der Waals surface area contributed by atoms with Crippen LogP contribution in [0, 0.1) is 6.92 Å². The number of hydrogen-bond donors (Lipinski definition) is 1. The van der Waals surface area contributed by atoms with Crippen LogP contribution in [0.1, 0.15) is 11.5 Å². The molecule has 1 N–H and O–H groups in total. The van der Waals surface area contributed by atoms with E-state index in [1.807, 2.05) is 6.92 Å². The van der Waals surface area contributed by atoms with E-state index < -0.39 is 15.9 Å². The SMILES string of the molecule is COc1ccc(S(=O)(=O)N2CCOCC2)cc1NC(=O)/C=C\c1ccc(C)o1. The molecule has 0 atom stereocenters. The van der Waals surface area contributed by atoms with Crippen LogP contribution in [0.15, 0.2) is 45.7 Å². The fourth-order valence-corrected chi connectivity index (χ4v) is 4.19. The fourth-order valence-electron chi connectivity index (χ4n) is 2.76. The summed E-state index contributed by atoms with van der Waals surface area (Å²) >= 11 is 0. The van der Waals surface area contributed by atoms with Gasteiger partial charge >= 0.3 is 0 Å². The van der Waals surface area contributed by atoms with E-state index in [9.17, 15) is 13.2 Å². The summed E-state index contributed by atoms with van der Waals surface area (Å²) in [6, 6.07) is 7.91. The van der Waals surface area contributed by atoms with Gasteiger partial charge in [-0.2, -0.15) is 4.31 Å². The molecule has 1 aliphatic heterocycles. The number of morpholine rings is 1.